The Morgan fingerprint density at radius 2 is 1.83 bits per heavy atom. The molecule has 3 aromatic rings. The highest BCUT2D eigenvalue weighted by atomic mass is 35.5. The number of hydrogen-bond donors (Lipinski definition) is 2. The van der Waals surface area contributed by atoms with E-state index in [1.807, 2.05) is 26.0 Å². The predicted octanol–water partition coefficient (Wildman–Crippen LogP) is 6.27. The molecule has 0 spiro atoms. The van der Waals surface area contributed by atoms with Gasteiger partial charge in [-0.2, -0.15) is 5.10 Å². The maximum absolute atomic E-state index is 14.1. The van der Waals surface area contributed by atoms with Crippen molar-refractivity contribution in [3.05, 3.63) is 75.8 Å². The van der Waals surface area contributed by atoms with Gasteiger partial charge in [0, 0.05) is 16.3 Å². The summed E-state index contributed by atoms with van der Waals surface area (Å²) in [6.45, 7) is 8.36. The third kappa shape index (κ3) is 4.95. The standard InChI is InChI=1S/C22H24ClFN4S/c1-13(2)16-8-10-17(11-9-16)25-22(29)26-21-14(3)27-28(15(21)4)12-18-19(23)6-5-7-20(18)24/h5-11,13H,12H2,1-4H3,(H2,25,26,29). The SMILES string of the molecule is Cc1nn(Cc2c(F)cccc2Cl)c(C)c1NC(=S)Nc1ccc(C(C)C)cc1. The van der Waals surface area contributed by atoms with Crippen molar-refractivity contribution in [1.82, 2.24) is 9.78 Å². The summed E-state index contributed by atoms with van der Waals surface area (Å²) in [5.74, 6) is 0.134. The summed E-state index contributed by atoms with van der Waals surface area (Å²) in [6, 6.07) is 12.8. The van der Waals surface area contributed by atoms with E-state index in [4.69, 9.17) is 23.8 Å². The van der Waals surface area contributed by atoms with E-state index in [1.54, 1.807) is 16.8 Å². The Balaban J connectivity index is 1.73. The van der Waals surface area contributed by atoms with Crippen LogP contribution >= 0.6 is 23.8 Å². The van der Waals surface area contributed by atoms with E-state index in [0.717, 1.165) is 22.8 Å². The fourth-order valence-electron chi connectivity index (χ4n) is 3.09. The zero-order valence-corrected chi connectivity index (χ0v) is 18.5. The van der Waals surface area contributed by atoms with Crippen LogP contribution in [-0.2, 0) is 6.54 Å². The summed E-state index contributed by atoms with van der Waals surface area (Å²) in [4.78, 5) is 0. The molecular formula is C22H24ClFN4S. The van der Waals surface area contributed by atoms with Crippen molar-refractivity contribution in [3.63, 3.8) is 0 Å². The van der Waals surface area contributed by atoms with Gasteiger partial charge in [-0.05, 0) is 61.8 Å². The molecule has 0 atom stereocenters. The van der Waals surface area contributed by atoms with Gasteiger partial charge in [0.15, 0.2) is 5.11 Å². The normalized spacial score (nSPS) is 11.0. The summed E-state index contributed by atoms with van der Waals surface area (Å²) in [7, 11) is 0. The quantitative estimate of drug-likeness (QED) is 0.468. The van der Waals surface area contributed by atoms with Crippen LogP contribution in [0.2, 0.25) is 5.02 Å². The van der Waals surface area contributed by atoms with Crippen molar-refractivity contribution < 1.29 is 4.39 Å². The first kappa shape index (κ1) is 21.3. The van der Waals surface area contributed by atoms with Crippen molar-refractivity contribution in [2.24, 2.45) is 0 Å². The third-order valence-corrected chi connectivity index (χ3v) is 5.38. The molecule has 3 rings (SSSR count). The van der Waals surface area contributed by atoms with Gasteiger partial charge in [-0.25, -0.2) is 4.39 Å². The maximum Gasteiger partial charge on any atom is 0.175 e. The summed E-state index contributed by atoms with van der Waals surface area (Å²) in [5, 5.41) is 11.8. The van der Waals surface area contributed by atoms with Crippen molar-refractivity contribution in [2.75, 3.05) is 10.6 Å². The van der Waals surface area contributed by atoms with Crippen molar-refractivity contribution >= 4 is 40.3 Å². The second-order valence-electron chi connectivity index (χ2n) is 7.26. The molecule has 2 N–H and O–H groups in total. The van der Waals surface area contributed by atoms with Crippen LogP contribution in [0.5, 0.6) is 0 Å². The molecule has 7 heteroatoms. The predicted molar refractivity (Wildman–Crippen MR) is 123 cm³/mol. The van der Waals surface area contributed by atoms with Crippen LogP contribution in [0.1, 0.15) is 42.3 Å². The van der Waals surface area contributed by atoms with Gasteiger partial charge in [-0.1, -0.05) is 43.6 Å². The van der Waals surface area contributed by atoms with E-state index in [0.29, 0.717) is 21.6 Å². The first-order chi connectivity index (χ1) is 13.8. The van der Waals surface area contributed by atoms with Gasteiger partial charge in [0.1, 0.15) is 5.82 Å². The molecule has 0 aliphatic rings. The number of aryl methyl sites for hydroxylation is 1. The molecule has 1 heterocycles. The van der Waals surface area contributed by atoms with E-state index in [1.165, 1.54) is 11.6 Å². The van der Waals surface area contributed by atoms with Gasteiger partial charge in [0.25, 0.3) is 0 Å². The van der Waals surface area contributed by atoms with E-state index >= 15 is 0 Å². The van der Waals surface area contributed by atoms with Crippen LogP contribution in [0.15, 0.2) is 42.5 Å². The highest BCUT2D eigenvalue weighted by Gasteiger charge is 2.16. The zero-order chi connectivity index (χ0) is 21.1. The molecule has 0 radical (unpaired) electrons. The van der Waals surface area contributed by atoms with Crippen molar-refractivity contribution in [2.45, 2.75) is 40.2 Å². The van der Waals surface area contributed by atoms with Crippen LogP contribution in [-0.4, -0.2) is 14.9 Å². The number of hydrogen-bond acceptors (Lipinski definition) is 2. The van der Waals surface area contributed by atoms with E-state index in [2.05, 4.69) is 41.7 Å². The fraction of sp³-hybridized carbons (Fsp3) is 0.273. The van der Waals surface area contributed by atoms with Crippen LogP contribution in [0, 0.1) is 19.7 Å². The molecule has 2 aromatic carbocycles. The highest BCUT2D eigenvalue weighted by Crippen LogP contribution is 2.25. The minimum absolute atomic E-state index is 0.247. The third-order valence-electron chi connectivity index (χ3n) is 4.82. The molecule has 0 amide bonds. The largest absolute Gasteiger partial charge is 0.332 e. The molecule has 29 heavy (non-hydrogen) atoms. The summed E-state index contributed by atoms with van der Waals surface area (Å²) < 4.78 is 15.9. The number of benzene rings is 2. The van der Waals surface area contributed by atoms with Gasteiger partial charge >= 0.3 is 0 Å². The molecule has 0 aliphatic heterocycles. The summed E-state index contributed by atoms with van der Waals surface area (Å²) in [5.41, 5.74) is 5.02. The van der Waals surface area contributed by atoms with Crippen LogP contribution in [0.3, 0.4) is 0 Å². The molecule has 0 unspecified atom stereocenters. The monoisotopic (exact) mass is 430 g/mol. The van der Waals surface area contributed by atoms with E-state index in [9.17, 15) is 4.39 Å². The lowest BCUT2D eigenvalue weighted by Crippen LogP contribution is -2.20. The van der Waals surface area contributed by atoms with Gasteiger partial charge < -0.3 is 10.6 Å². The Kier molecular flexibility index (Phi) is 6.55. The van der Waals surface area contributed by atoms with Crippen LogP contribution < -0.4 is 10.6 Å². The summed E-state index contributed by atoms with van der Waals surface area (Å²) >= 11 is 11.6. The van der Waals surface area contributed by atoms with E-state index < -0.39 is 0 Å². The van der Waals surface area contributed by atoms with Gasteiger partial charge in [-0.15, -0.1) is 0 Å². The maximum atomic E-state index is 14.1. The fourth-order valence-corrected chi connectivity index (χ4v) is 3.53. The smallest absolute Gasteiger partial charge is 0.175 e. The number of halogens is 2. The zero-order valence-electron chi connectivity index (χ0n) is 16.9. The van der Waals surface area contributed by atoms with Gasteiger partial charge in [0.05, 0.1) is 23.6 Å². The van der Waals surface area contributed by atoms with Crippen LogP contribution in [0.25, 0.3) is 0 Å². The topological polar surface area (TPSA) is 41.9 Å². The van der Waals surface area contributed by atoms with Crippen LogP contribution in [0.4, 0.5) is 15.8 Å². The first-order valence-corrected chi connectivity index (χ1v) is 10.2. The summed E-state index contributed by atoms with van der Waals surface area (Å²) in [6.07, 6.45) is 0. The number of anilines is 2. The Morgan fingerprint density at radius 1 is 1.14 bits per heavy atom. The second kappa shape index (κ2) is 8.93. The molecule has 0 fully saturated rings. The van der Waals surface area contributed by atoms with Gasteiger partial charge in [0.2, 0.25) is 0 Å². The molecule has 1 aromatic heterocycles. The average Bonchev–Trinajstić information content (AvgIpc) is 2.92. The second-order valence-corrected chi connectivity index (χ2v) is 8.07. The molecule has 0 bridgehead atoms. The Bertz CT molecular complexity index is 1010. The first-order valence-electron chi connectivity index (χ1n) is 9.41. The lowest BCUT2D eigenvalue weighted by atomic mass is 10.0. The number of thiocarbonyl (C=S) groups is 1. The molecule has 0 saturated carbocycles. The van der Waals surface area contributed by atoms with Crippen molar-refractivity contribution in [1.29, 1.82) is 0 Å². The number of nitrogens with zero attached hydrogens (tertiary/aromatic N) is 2. The number of aromatic nitrogens is 2. The molecular weight excluding hydrogens is 407 g/mol. The highest BCUT2D eigenvalue weighted by molar-refractivity contribution is 7.80. The molecule has 0 saturated heterocycles. The Labute approximate surface area is 181 Å². The Hall–Kier alpha value is -2.44. The lowest BCUT2D eigenvalue weighted by Gasteiger charge is -2.13. The van der Waals surface area contributed by atoms with E-state index in [-0.39, 0.29) is 12.4 Å². The average molecular weight is 431 g/mol. The van der Waals surface area contributed by atoms with Gasteiger partial charge in [-0.3, -0.25) is 4.68 Å². The number of rotatable bonds is 5. The number of nitrogens with one attached hydrogen (secondary N) is 2. The lowest BCUT2D eigenvalue weighted by molar-refractivity contribution is 0.579. The molecule has 4 nitrogen and oxygen atoms in total. The van der Waals surface area contributed by atoms with Crippen molar-refractivity contribution in [3.8, 4) is 0 Å². The minimum Gasteiger partial charge on any atom is -0.332 e. The Morgan fingerprint density at radius 3 is 2.45 bits per heavy atom. The molecule has 0 aliphatic carbocycles. The minimum atomic E-state index is -0.346. The molecule has 152 valence electrons.